The molecule has 1 rings (SSSR count). The van der Waals surface area contributed by atoms with E-state index in [2.05, 4.69) is 29.0 Å². The Balaban J connectivity index is 2.90. The minimum atomic E-state index is 0.384. The lowest BCUT2D eigenvalue weighted by Crippen LogP contribution is -2.06. The number of H-pyrrole nitrogens is 1. The van der Waals surface area contributed by atoms with Crippen molar-refractivity contribution in [3.8, 4) is 0 Å². The van der Waals surface area contributed by atoms with E-state index in [1.54, 1.807) is 0 Å². The number of aromatic nitrogens is 2. The molecule has 0 aromatic carbocycles. The number of rotatable bonds is 4. The van der Waals surface area contributed by atoms with E-state index in [0.717, 1.165) is 24.1 Å². The van der Waals surface area contributed by atoms with Gasteiger partial charge in [-0.25, -0.2) is 4.98 Å². The molecule has 3 N–H and O–H groups in total. The zero-order valence-corrected chi connectivity index (χ0v) is 10.9. The SMILES string of the molecule is C/C=C/CCC(C)c1nc(N)[nH]c(=S)c1C. The number of allylic oxidation sites excluding steroid dienone is 2. The largest absolute Gasteiger partial charge is 0.369 e. The number of hydrogen-bond acceptors (Lipinski definition) is 3. The first-order valence-corrected chi connectivity index (χ1v) is 5.94. The molecule has 0 aliphatic rings. The number of hydrogen-bond donors (Lipinski definition) is 2. The van der Waals surface area contributed by atoms with Crippen LogP contribution in [0.3, 0.4) is 0 Å². The lowest BCUT2D eigenvalue weighted by Gasteiger charge is -2.13. The molecule has 0 saturated carbocycles. The van der Waals surface area contributed by atoms with Crippen molar-refractivity contribution in [2.24, 2.45) is 0 Å². The summed E-state index contributed by atoms with van der Waals surface area (Å²) in [5.74, 6) is 0.790. The molecule has 1 unspecified atom stereocenters. The molecule has 0 fully saturated rings. The van der Waals surface area contributed by atoms with Gasteiger partial charge in [-0.1, -0.05) is 31.3 Å². The summed E-state index contributed by atoms with van der Waals surface area (Å²) in [5.41, 5.74) is 7.73. The van der Waals surface area contributed by atoms with Crippen molar-refractivity contribution in [1.82, 2.24) is 9.97 Å². The van der Waals surface area contributed by atoms with E-state index in [1.807, 2.05) is 13.8 Å². The molecule has 1 atom stereocenters. The highest BCUT2D eigenvalue weighted by Crippen LogP contribution is 2.23. The lowest BCUT2D eigenvalue weighted by atomic mass is 9.98. The Morgan fingerprint density at radius 1 is 1.56 bits per heavy atom. The van der Waals surface area contributed by atoms with Crippen LogP contribution in [0.5, 0.6) is 0 Å². The Morgan fingerprint density at radius 3 is 2.88 bits per heavy atom. The molecule has 0 spiro atoms. The van der Waals surface area contributed by atoms with Gasteiger partial charge in [-0.3, -0.25) is 0 Å². The summed E-state index contributed by atoms with van der Waals surface area (Å²) in [7, 11) is 0. The number of nitrogens with one attached hydrogen (secondary N) is 1. The van der Waals surface area contributed by atoms with Gasteiger partial charge in [0.05, 0.1) is 5.69 Å². The van der Waals surface area contributed by atoms with E-state index in [0.29, 0.717) is 16.5 Å². The standard InChI is InChI=1S/C12H19N3S/c1-4-5-6-7-8(2)10-9(3)11(16)15-12(13)14-10/h4-5,8H,6-7H2,1-3H3,(H3,13,14,15,16)/b5-4+. The van der Waals surface area contributed by atoms with Crippen LogP contribution in [0.25, 0.3) is 0 Å². The van der Waals surface area contributed by atoms with Crippen molar-refractivity contribution >= 4 is 18.2 Å². The van der Waals surface area contributed by atoms with Gasteiger partial charge in [0.25, 0.3) is 0 Å². The predicted octanol–water partition coefficient (Wildman–Crippen LogP) is 3.49. The van der Waals surface area contributed by atoms with Crippen molar-refractivity contribution < 1.29 is 0 Å². The molecule has 0 saturated heterocycles. The van der Waals surface area contributed by atoms with Gasteiger partial charge in [0, 0.05) is 5.56 Å². The fourth-order valence-corrected chi connectivity index (χ4v) is 1.91. The van der Waals surface area contributed by atoms with E-state index in [9.17, 15) is 0 Å². The van der Waals surface area contributed by atoms with Crippen molar-refractivity contribution in [2.75, 3.05) is 5.73 Å². The molecule has 16 heavy (non-hydrogen) atoms. The van der Waals surface area contributed by atoms with Gasteiger partial charge in [0.2, 0.25) is 0 Å². The number of aromatic amines is 1. The highest BCUT2D eigenvalue weighted by atomic mass is 32.1. The molecule has 1 aromatic heterocycles. The molecular weight excluding hydrogens is 218 g/mol. The maximum absolute atomic E-state index is 5.67. The second-order valence-electron chi connectivity index (χ2n) is 4.01. The first kappa shape index (κ1) is 12.9. The molecule has 0 aliphatic heterocycles. The third kappa shape index (κ3) is 3.17. The van der Waals surface area contributed by atoms with Crippen LogP contribution < -0.4 is 5.73 Å². The highest BCUT2D eigenvalue weighted by molar-refractivity contribution is 7.71. The van der Waals surface area contributed by atoms with Crippen LogP contribution in [0.15, 0.2) is 12.2 Å². The minimum Gasteiger partial charge on any atom is -0.369 e. The number of nitrogen functional groups attached to an aromatic ring is 1. The van der Waals surface area contributed by atoms with Crippen molar-refractivity contribution in [2.45, 2.75) is 39.5 Å². The monoisotopic (exact) mass is 237 g/mol. The normalized spacial score (nSPS) is 13.2. The predicted molar refractivity (Wildman–Crippen MR) is 71.0 cm³/mol. The van der Waals surface area contributed by atoms with Gasteiger partial charge in [-0.15, -0.1) is 0 Å². The van der Waals surface area contributed by atoms with Crippen LogP contribution in [-0.4, -0.2) is 9.97 Å². The summed E-state index contributed by atoms with van der Waals surface area (Å²) in [5, 5.41) is 0. The zero-order chi connectivity index (χ0) is 12.1. The second-order valence-corrected chi connectivity index (χ2v) is 4.42. The van der Waals surface area contributed by atoms with Crippen molar-refractivity contribution in [3.63, 3.8) is 0 Å². The fraction of sp³-hybridized carbons (Fsp3) is 0.500. The fourth-order valence-electron chi connectivity index (χ4n) is 1.70. The molecular formula is C12H19N3S. The van der Waals surface area contributed by atoms with Crippen molar-refractivity contribution in [3.05, 3.63) is 28.1 Å². The van der Waals surface area contributed by atoms with E-state index in [1.165, 1.54) is 0 Å². The number of nitrogens with zero attached hydrogens (tertiary/aromatic N) is 1. The molecule has 1 heterocycles. The maximum Gasteiger partial charge on any atom is 0.198 e. The highest BCUT2D eigenvalue weighted by Gasteiger charge is 2.11. The summed E-state index contributed by atoms with van der Waals surface area (Å²) in [6.07, 6.45) is 6.36. The van der Waals surface area contributed by atoms with Crippen LogP contribution in [0.4, 0.5) is 5.95 Å². The molecule has 0 radical (unpaired) electrons. The maximum atomic E-state index is 5.67. The average molecular weight is 237 g/mol. The molecule has 0 aliphatic carbocycles. The Morgan fingerprint density at radius 2 is 2.25 bits per heavy atom. The van der Waals surface area contributed by atoms with Crippen LogP contribution in [0.2, 0.25) is 0 Å². The van der Waals surface area contributed by atoms with Crippen LogP contribution >= 0.6 is 12.2 Å². The smallest absolute Gasteiger partial charge is 0.198 e. The molecule has 88 valence electrons. The third-order valence-electron chi connectivity index (χ3n) is 2.68. The Labute approximate surface area is 102 Å². The summed E-state index contributed by atoms with van der Waals surface area (Å²) in [6.45, 7) is 6.19. The summed E-state index contributed by atoms with van der Waals surface area (Å²) in [6, 6.07) is 0. The lowest BCUT2D eigenvalue weighted by molar-refractivity contribution is 0.663. The Kier molecular flexibility index (Phi) is 4.68. The molecule has 0 bridgehead atoms. The first-order valence-electron chi connectivity index (χ1n) is 5.53. The van der Waals surface area contributed by atoms with Crippen molar-refractivity contribution in [1.29, 1.82) is 0 Å². The zero-order valence-electron chi connectivity index (χ0n) is 10.1. The van der Waals surface area contributed by atoms with Gasteiger partial charge < -0.3 is 10.7 Å². The number of anilines is 1. The molecule has 3 nitrogen and oxygen atoms in total. The van der Waals surface area contributed by atoms with Gasteiger partial charge in [-0.05, 0) is 32.6 Å². The van der Waals surface area contributed by atoms with Crippen LogP contribution in [-0.2, 0) is 0 Å². The second kappa shape index (κ2) is 5.80. The quantitative estimate of drug-likeness (QED) is 0.622. The van der Waals surface area contributed by atoms with Gasteiger partial charge in [0.15, 0.2) is 5.95 Å². The van der Waals surface area contributed by atoms with Gasteiger partial charge >= 0.3 is 0 Å². The average Bonchev–Trinajstić information content (AvgIpc) is 2.23. The van der Waals surface area contributed by atoms with E-state index in [4.69, 9.17) is 18.0 Å². The van der Waals surface area contributed by atoms with Crippen LogP contribution in [0, 0.1) is 11.6 Å². The summed E-state index contributed by atoms with van der Waals surface area (Å²) >= 11 is 5.19. The molecule has 4 heteroatoms. The van der Waals surface area contributed by atoms with Gasteiger partial charge in [0.1, 0.15) is 4.64 Å². The molecule has 0 amide bonds. The van der Waals surface area contributed by atoms with Gasteiger partial charge in [-0.2, -0.15) is 0 Å². The minimum absolute atomic E-state index is 0.384. The Hall–Kier alpha value is -1.16. The molecule has 1 aromatic rings. The van der Waals surface area contributed by atoms with E-state index in [-0.39, 0.29) is 0 Å². The Bertz CT molecular complexity index is 434. The number of nitrogens with two attached hydrogens (primary N) is 1. The van der Waals surface area contributed by atoms with E-state index < -0.39 is 0 Å². The first-order chi connectivity index (χ1) is 7.56. The third-order valence-corrected chi connectivity index (χ3v) is 3.08. The summed E-state index contributed by atoms with van der Waals surface area (Å²) in [4.78, 5) is 7.21. The topological polar surface area (TPSA) is 54.7 Å². The van der Waals surface area contributed by atoms with Crippen LogP contribution in [0.1, 0.15) is 43.9 Å². The summed E-state index contributed by atoms with van der Waals surface area (Å²) < 4.78 is 0.695. The van der Waals surface area contributed by atoms with E-state index >= 15 is 0 Å².